The lowest BCUT2D eigenvalue weighted by atomic mass is 9.96. The second-order valence-corrected chi connectivity index (χ2v) is 5.54. The van der Waals surface area contributed by atoms with Crippen molar-refractivity contribution in [1.82, 2.24) is 15.5 Å². The highest BCUT2D eigenvalue weighted by atomic mass is 16.2. The van der Waals surface area contributed by atoms with Gasteiger partial charge in [0.15, 0.2) is 0 Å². The first kappa shape index (κ1) is 12.8. The van der Waals surface area contributed by atoms with Crippen molar-refractivity contribution in [1.29, 1.82) is 0 Å². The van der Waals surface area contributed by atoms with Gasteiger partial charge in [-0.15, -0.1) is 0 Å². The lowest BCUT2D eigenvalue weighted by Gasteiger charge is -2.13. The number of nitrogens with one attached hydrogen (secondary N) is 2. The van der Waals surface area contributed by atoms with Gasteiger partial charge in [0.05, 0.1) is 11.7 Å². The molecule has 22 heavy (non-hydrogen) atoms. The molecule has 0 bridgehead atoms. The summed E-state index contributed by atoms with van der Waals surface area (Å²) in [6.45, 7) is 2.05. The number of aryl methyl sites for hydroxylation is 1. The van der Waals surface area contributed by atoms with Crippen molar-refractivity contribution in [3.8, 4) is 11.3 Å². The highest BCUT2D eigenvalue weighted by molar-refractivity contribution is 6.00. The summed E-state index contributed by atoms with van der Waals surface area (Å²) in [4.78, 5) is 12.2. The Labute approximate surface area is 128 Å². The van der Waals surface area contributed by atoms with Crippen LogP contribution in [0.15, 0.2) is 54.6 Å². The molecule has 0 saturated carbocycles. The fraction of sp³-hybridized carbons (Fsp3) is 0.111. The number of amides is 1. The number of H-pyrrole nitrogens is 1. The molecule has 2 N–H and O–H groups in total. The third-order valence-corrected chi connectivity index (χ3v) is 4.05. The van der Waals surface area contributed by atoms with Crippen molar-refractivity contribution in [3.05, 3.63) is 77.0 Å². The molecular formula is C18H15N3O. The fourth-order valence-corrected chi connectivity index (χ4v) is 2.91. The molecule has 4 heteroatoms. The van der Waals surface area contributed by atoms with Gasteiger partial charge in [0.2, 0.25) is 0 Å². The standard InChI is InChI=1S/C18H15N3O/c1-11-7-9-13(10-8-11)15-14-16(12-5-3-2-4-6-12)20-21-17(14)18(22)19-15/h2-10,15H,1H3,(H,19,22)(H,20,21). The molecule has 2 heterocycles. The Hall–Kier alpha value is -2.88. The van der Waals surface area contributed by atoms with E-state index in [4.69, 9.17) is 0 Å². The second-order valence-electron chi connectivity index (χ2n) is 5.54. The summed E-state index contributed by atoms with van der Waals surface area (Å²) in [5, 5.41) is 10.3. The summed E-state index contributed by atoms with van der Waals surface area (Å²) < 4.78 is 0. The molecule has 1 aromatic heterocycles. The van der Waals surface area contributed by atoms with Crippen LogP contribution in [0.5, 0.6) is 0 Å². The number of fused-ring (bicyclic) bond motifs is 1. The van der Waals surface area contributed by atoms with Crippen molar-refractivity contribution in [2.75, 3.05) is 0 Å². The van der Waals surface area contributed by atoms with E-state index in [0.717, 1.165) is 22.4 Å². The molecule has 0 radical (unpaired) electrons. The fourth-order valence-electron chi connectivity index (χ4n) is 2.91. The monoisotopic (exact) mass is 289 g/mol. The first-order valence-corrected chi connectivity index (χ1v) is 7.25. The van der Waals surface area contributed by atoms with Crippen LogP contribution in [0.2, 0.25) is 0 Å². The zero-order valence-electron chi connectivity index (χ0n) is 12.1. The third-order valence-electron chi connectivity index (χ3n) is 4.05. The Morgan fingerprint density at radius 1 is 1.00 bits per heavy atom. The molecule has 0 aliphatic carbocycles. The summed E-state index contributed by atoms with van der Waals surface area (Å²) >= 11 is 0. The molecule has 1 amide bonds. The van der Waals surface area contributed by atoms with Crippen LogP contribution in [-0.4, -0.2) is 16.1 Å². The number of rotatable bonds is 2. The number of aromatic amines is 1. The van der Waals surface area contributed by atoms with Crippen LogP contribution in [0.1, 0.15) is 33.2 Å². The normalized spacial score (nSPS) is 16.4. The Morgan fingerprint density at radius 2 is 1.73 bits per heavy atom. The van der Waals surface area contributed by atoms with Gasteiger partial charge in [0.25, 0.3) is 5.91 Å². The van der Waals surface area contributed by atoms with E-state index in [0.29, 0.717) is 5.69 Å². The number of hydrogen-bond donors (Lipinski definition) is 2. The van der Waals surface area contributed by atoms with Crippen LogP contribution < -0.4 is 5.32 Å². The first-order chi connectivity index (χ1) is 10.7. The van der Waals surface area contributed by atoms with Crippen LogP contribution in [0, 0.1) is 6.92 Å². The maximum atomic E-state index is 12.2. The molecular weight excluding hydrogens is 274 g/mol. The van der Waals surface area contributed by atoms with Gasteiger partial charge in [-0.05, 0) is 12.5 Å². The second kappa shape index (κ2) is 4.84. The summed E-state index contributed by atoms with van der Waals surface area (Å²) in [6, 6.07) is 18.0. The highest BCUT2D eigenvalue weighted by Crippen LogP contribution is 2.36. The molecule has 0 saturated heterocycles. The van der Waals surface area contributed by atoms with E-state index >= 15 is 0 Å². The molecule has 1 atom stereocenters. The maximum absolute atomic E-state index is 12.2. The zero-order valence-corrected chi connectivity index (χ0v) is 12.1. The molecule has 0 fully saturated rings. The van der Waals surface area contributed by atoms with Crippen LogP contribution in [0.4, 0.5) is 0 Å². The predicted octanol–water partition coefficient (Wildman–Crippen LogP) is 3.22. The Bertz CT molecular complexity index is 835. The Balaban J connectivity index is 1.86. The van der Waals surface area contributed by atoms with Gasteiger partial charge in [-0.25, -0.2) is 0 Å². The number of carbonyl (C=O) groups is 1. The lowest BCUT2D eigenvalue weighted by Crippen LogP contribution is -2.21. The topological polar surface area (TPSA) is 57.8 Å². The molecule has 4 nitrogen and oxygen atoms in total. The van der Waals surface area contributed by atoms with Gasteiger partial charge in [-0.2, -0.15) is 5.10 Å². The van der Waals surface area contributed by atoms with Gasteiger partial charge in [-0.3, -0.25) is 9.89 Å². The van der Waals surface area contributed by atoms with Crippen LogP contribution >= 0.6 is 0 Å². The quantitative estimate of drug-likeness (QED) is 0.761. The molecule has 0 spiro atoms. The van der Waals surface area contributed by atoms with E-state index in [-0.39, 0.29) is 11.9 Å². The summed E-state index contributed by atoms with van der Waals surface area (Å²) in [7, 11) is 0. The van der Waals surface area contributed by atoms with Crippen LogP contribution in [0.3, 0.4) is 0 Å². The Kier molecular flexibility index (Phi) is 2.82. The number of nitrogens with zero attached hydrogens (tertiary/aromatic N) is 1. The minimum absolute atomic E-state index is 0.102. The number of hydrogen-bond acceptors (Lipinski definition) is 2. The molecule has 1 unspecified atom stereocenters. The van der Waals surface area contributed by atoms with Crippen molar-refractivity contribution in [2.24, 2.45) is 0 Å². The van der Waals surface area contributed by atoms with E-state index < -0.39 is 0 Å². The highest BCUT2D eigenvalue weighted by Gasteiger charge is 2.35. The largest absolute Gasteiger partial charge is 0.340 e. The molecule has 3 aromatic rings. The van der Waals surface area contributed by atoms with Gasteiger partial charge in [0, 0.05) is 11.1 Å². The minimum Gasteiger partial charge on any atom is -0.340 e. The molecule has 108 valence electrons. The minimum atomic E-state index is -0.156. The molecule has 4 rings (SSSR count). The van der Waals surface area contributed by atoms with Crippen molar-refractivity contribution in [2.45, 2.75) is 13.0 Å². The molecule has 2 aromatic carbocycles. The van der Waals surface area contributed by atoms with Gasteiger partial charge < -0.3 is 5.32 Å². The van der Waals surface area contributed by atoms with Gasteiger partial charge in [-0.1, -0.05) is 60.2 Å². The molecule has 1 aliphatic rings. The average molecular weight is 289 g/mol. The Morgan fingerprint density at radius 3 is 2.45 bits per heavy atom. The van der Waals surface area contributed by atoms with Crippen LogP contribution in [-0.2, 0) is 0 Å². The van der Waals surface area contributed by atoms with E-state index in [1.54, 1.807) is 0 Å². The zero-order chi connectivity index (χ0) is 15.1. The molecule has 1 aliphatic heterocycles. The van der Waals surface area contributed by atoms with Crippen LogP contribution in [0.25, 0.3) is 11.3 Å². The van der Waals surface area contributed by atoms with E-state index in [1.807, 2.05) is 30.3 Å². The lowest BCUT2D eigenvalue weighted by molar-refractivity contribution is 0.0955. The van der Waals surface area contributed by atoms with E-state index in [9.17, 15) is 4.79 Å². The third kappa shape index (κ3) is 1.92. The number of carbonyl (C=O) groups excluding carboxylic acids is 1. The number of aromatic nitrogens is 2. The summed E-state index contributed by atoms with van der Waals surface area (Å²) in [5.74, 6) is -0.102. The number of benzene rings is 2. The SMILES string of the molecule is Cc1ccc(C2NC(=O)c3[nH]nc(-c4ccccc4)c32)cc1. The van der Waals surface area contributed by atoms with Gasteiger partial charge in [0.1, 0.15) is 5.69 Å². The first-order valence-electron chi connectivity index (χ1n) is 7.25. The summed E-state index contributed by atoms with van der Waals surface area (Å²) in [6.07, 6.45) is 0. The van der Waals surface area contributed by atoms with E-state index in [1.165, 1.54) is 5.56 Å². The summed E-state index contributed by atoms with van der Waals surface area (Å²) in [5.41, 5.74) is 5.60. The van der Waals surface area contributed by atoms with Gasteiger partial charge >= 0.3 is 0 Å². The van der Waals surface area contributed by atoms with Crippen molar-refractivity contribution < 1.29 is 4.79 Å². The average Bonchev–Trinajstić information content (AvgIpc) is 3.11. The van der Waals surface area contributed by atoms with Crippen molar-refractivity contribution in [3.63, 3.8) is 0 Å². The maximum Gasteiger partial charge on any atom is 0.270 e. The van der Waals surface area contributed by atoms with E-state index in [2.05, 4.69) is 46.7 Å². The smallest absolute Gasteiger partial charge is 0.270 e. The predicted molar refractivity (Wildman–Crippen MR) is 84.5 cm³/mol. The van der Waals surface area contributed by atoms with Crippen molar-refractivity contribution >= 4 is 5.91 Å².